The molecule has 0 bridgehead atoms. The summed E-state index contributed by atoms with van der Waals surface area (Å²) in [5.41, 5.74) is 2.23. The van der Waals surface area contributed by atoms with E-state index in [1.807, 2.05) is 11.3 Å². The Balaban J connectivity index is 1.43. The number of hydrogen-bond acceptors (Lipinski definition) is 2. The fourth-order valence-corrected chi connectivity index (χ4v) is 5.15. The third kappa shape index (κ3) is 2.46. The molecule has 5 aromatic carbocycles. The molecule has 0 unspecified atom stereocenters. The Morgan fingerprint density at radius 1 is 0.464 bits per heavy atom. The maximum Gasteiger partial charge on any atom is 0.0391 e. The van der Waals surface area contributed by atoms with Crippen LogP contribution in [0.1, 0.15) is 0 Å². The SMILES string of the molecule is c1ccc2c(c1)ccc1cc(Nc3ccc4sc5ccccc5c4c3)ccc12. The highest BCUT2D eigenvalue weighted by Crippen LogP contribution is 2.36. The highest BCUT2D eigenvalue weighted by atomic mass is 32.1. The van der Waals surface area contributed by atoms with E-state index in [1.54, 1.807) is 0 Å². The Labute approximate surface area is 166 Å². The Morgan fingerprint density at radius 2 is 1.14 bits per heavy atom. The highest BCUT2D eigenvalue weighted by molar-refractivity contribution is 7.25. The van der Waals surface area contributed by atoms with Crippen LogP contribution in [0.3, 0.4) is 0 Å². The van der Waals surface area contributed by atoms with Crippen LogP contribution in [0.25, 0.3) is 41.7 Å². The van der Waals surface area contributed by atoms with E-state index in [2.05, 4.69) is 102 Å². The van der Waals surface area contributed by atoms with Crippen LogP contribution in [-0.2, 0) is 0 Å². The first-order chi connectivity index (χ1) is 13.8. The number of anilines is 2. The molecule has 2 heteroatoms. The van der Waals surface area contributed by atoms with Crippen LogP contribution < -0.4 is 5.32 Å². The Morgan fingerprint density at radius 3 is 2.11 bits per heavy atom. The normalized spacial score (nSPS) is 11.6. The lowest BCUT2D eigenvalue weighted by Crippen LogP contribution is -1.90. The number of nitrogens with one attached hydrogen (secondary N) is 1. The molecule has 0 spiro atoms. The Kier molecular flexibility index (Phi) is 3.40. The van der Waals surface area contributed by atoms with E-state index in [1.165, 1.54) is 41.7 Å². The van der Waals surface area contributed by atoms with Gasteiger partial charge in [-0.1, -0.05) is 60.7 Å². The van der Waals surface area contributed by atoms with Gasteiger partial charge in [0.1, 0.15) is 0 Å². The molecule has 28 heavy (non-hydrogen) atoms. The molecule has 0 atom stereocenters. The summed E-state index contributed by atoms with van der Waals surface area (Å²) in [6.45, 7) is 0. The maximum atomic E-state index is 3.60. The molecule has 0 aliphatic carbocycles. The van der Waals surface area contributed by atoms with Crippen molar-refractivity contribution in [2.75, 3.05) is 5.32 Å². The summed E-state index contributed by atoms with van der Waals surface area (Å²) in [6.07, 6.45) is 0. The van der Waals surface area contributed by atoms with Gasteiger partial charge in [0.05, 0.1) is 0 Å². The summed E-state index contributed by atoms with van der Waals surface area (Å²) in [5.74, 6) is 0. The molecule has 1 N–H and O–H groups in total. The predicted octanol–water partition coefficient (Wildman–Crippen LogP) is 8.10. The van der Waals surface area contributed by atoms with E-state index in [0.717, 1.165) is 11.4 Å². The first-order valence-electron chi connectivity index (χ1n) is 9.45. The van der Waals surface area contributed by atoms with Crippen molar-refractivity contribution < 1.29 is 0 Å². The first kappa shape index (κ1) is 15.7. The molecule has 1 aromatic heterocycles. The molecule has 1 nitrogen and oxygen atoms in total. The molecule has 1 heterocycles. The molecule has 0 amide bonds. The second-order valence-corrected chi connectivity index (χ2v) is 8.24. The summed E-state index contributed by atoms with van der Waals surface area (Å²) < 4.78 is 2.67. The van der Waals surface area contributed by atoms with E-state index in [0.29, 0.717) is 0 Å². The van der Waals surface area contributed by atoms with Crippen molar-refractivity contribution in [3.63, 3.8) is 0 Å². The topological polar surface area (TPSA) is 12.0 Å². The molecular formula is C26H17NS. The number of fused-ring (bicyclic) bond motifs is 6. The fraction of sp³-hybridized carbons (Fsp3) is 0. The van der Waals surface area contributed by atoms with E-state index >= 15 is 0 Å². The van der Waals surface area contributed by atoms with E-state index in [-0.39, 0.29) is 0 Å². The summed E-state index contributed by atoms with van der Waals surface area (Å²) in [4.78, 5) is 0. The lowest BCUT2D eigenvalue weighted by atomic mass is 10.0. The minimum Gasteiger partial charge on any atom is -0.355 e. The lowest BCUT2D eigenvalue weighted by Gasteiger charge is -2.10. The maximum absolute atomic E-state index is 3.60. The van der Waals surface area contributed by atoms with Crippen molar-refractivity contribution in [3.05, 3.63) is 97.1 Å². The van der Waals surface area contributed by atoms with Crippen LogP contribution in [0.5, 0.6) is 0 Å². The molecule has 0 saturated heterocycles. The van der Waals surface area contributed by atoms with Gasteiger partial charge in [-0.2, -0.15) is 0 Å². The second kappa shape index (κ2) is 6.08. The molecule has 6 aromatic rings. The zero-order valence-corrected chi connectivity index (χ0v) is 16.0. The highest BCUT2D eigenvalue weighted by Gasteiger charge is 2.06. The summed E-state index contributed by atoms with van der Waals surface area (Å²) in [7, 11) is 0. The van der Waals surface area contributed by atoms with Gasteiger partial charge < -0.3 is 5.32 Å². The summed E-state index contributed by atoms with van der Waals surface area (Å²) in [6, 6.07) is 34.9. The van der Waals surface area contributed by atoms with Crippen molar-refractivity contribution >= 4 is 64.4 Å². The molecular weight excluding hydrogens is 358 g/mol. The van der Waals surface area contributed by atoms with Crippen LogP contribution in [0, 0.1) is 0 Å². The second-order valence-electron chi connectivity index (χ2n) is 7.16. The van der Waals surface area contributed by atoms with Gasteiger partial charge in [-0.15, -0.1) is 11.3 Å². The molecule has 132 valence electrons. The summed E-state index contributed by atoms with van der Waals surface area (Å²) in [5, 5.41) is 11.4. The zero-order valence-electron chi connectivity index (χ0n) is 15.1. The van der Waals surface area contributed by atoms with Gasteiger partial charge in [-0.3, -0.25) is 0 Å². The minimum absolute atomic E-state index is 1.11. The van der Waals surface area contributed by atoms with Crippen molar-refractivity contribution in [2.45, 2.75) is 0 Å². The minimum atomic E-state index is 1.11. The first-order valence-corrected chi connectivity index (χ1v) is 10.3. The monoisotopic (exact) mass is 375 g/mol. The number of benzene rings is 5. The van der Waals surface area contributed by atoms with E-state index in [9.17, 15) is 0 Å². The third-order valence-corrected chi connectivity index (χ3v) is 6.56. The van der Waals surface area contributed by atoms with Crippen LogP contribution in [-0.4, -0.2) is 0 Å². The van der Waals surface area contributed by atoms with Gasteiger partial charge in [0.15, 0.2) is 0 Å². The van der Waals surface area contributed by atoms with Gasteiger partial charge in [0.25, 0.3) is 0 Å². The molecule has 0 saturated carbocycles. The quantitative estimate of drug-likeness (QED) is 0.301. The van der Waals surface area contributed by atoms with Gasteiger partial charge in [-0.25, -0.2) is 0 Å². The van der Waals surface area contributed by atoms with Gasteiger partial charge >= 0.3 is 0 Å². The van der Waals surface area contributed by atoms with Gasteiger partial charge in [-0.05, 0) is 57.9 Å². The molecule has 0 fully saturated rings. The Bertz CT molecular complexity index is 1490. The fourth-order valence-electron chi connectivity index (χ4n) is 4.06. The molecule has 6 rings (SSSR count). The zero-order chi connectivity index (χ0) is 18.5. The molecule has 0 aliphatic rings. The van der Waals surface area contributed by atoms with Crippen LogP contribution >= 0.6 is 11.3 Å². The van der Waals surface area contributed by atoms with Crippen molar-refractivity contribution in [1.29, 1.82) is 0 Å². The standard InChI is InChI=1S/C26H17NS/c1-2-6-21-17(5-1)9-10-18-15-19(11-13-22(18)21)27-20-12-14-26-24(16-20)23-7-3-4-8-25(23)28-26/h1-16,27H. The van der Waals surface area contributed by atoms with Crippen molar-refractivity contribution in [2.24, 2.45) is 0 Å². The average molecular weight is 375 g/mol. The number of hydrogen-bond donors (Lipinski definition) is 1. The third-order valence-electron chi connectivity index (χ3n) is 5.41. The van der Waals surface area contributed by atoms with Crippen LogP contribution in [0.4, 0.5) is 11.4 Å². The Hall–Kier alpha value is -3.36. The van der Waals surface area contributed by atoms with Crippen molar-refractivity contribution in [3.8, 4) is 0 Å². The lowest BCUT2D eigenvalue weighted by molar-refractivity contribution is 1.60. The summed E-state index contributed by atoms with van der Waals surface area (Å²) >= 11 is 1.85. The van der Waals surface area contributed by atoms with Crippen molar-refractivity contribution in [1.82, 2.24) is 0 Å². The van der Waals surface area contributed by atoms with Crippen LogP contribution in [0.2, 0.25) is 0 Å². The molecule has 0 radical (unpaired) electrons. The largest absolute Gasteiger partial charge is 0.355 e. The number of thiophene rings is 1. The van der Waals surface area contributed by atoms with Gasteiger partial charge in [0, 0.05) is 31.5 Å². The smallest absolute Gasteiger partial charge is 0.0391 e. The van der Waals surface area contributed by atoms with Crippen LogP contribution in [0.15, 0.2) is 97.1 Å². The van der Waals surface area contributed by atoms with Gasteiger partial charge in [0.2, 0.25) is 0 Å². The number of rotatable bonds is 2. The van der Waals surface area contributed by atoms with E-state index < -0.39 is 0 Å². The predicted molar refractivity (Wildman–Crippen MR) is 124 cm³/mol. The molecule has 0 aliphatic heterocycles. The van der Waals surface area contributed by atoms with E-state index in [4.69, 9.17) is 0 Å². The average Bonchev–Trinajstić information content (AvgIpc) is 3.11.